The van der Waals surface area contributed by atoms with Crippen molar-refractivity contribution in [2.45, 2.75) is 126 Å². The molecule has 9 rings (SSSR count). The minimum atomic E-state index is -2.04. The molecule has 0 spiro atoms. The maximum absolute atomic E-state index is 15.1. The number of ether oxygens (including phenoxy) is 1. The molecule has 7 aromatic rings. The van der Waals surface area contributed by atoms with Crippen molar-refractivity contribution in [2.75, 3.05) is 13.7 Å². The number of nitrogens with zero attached hydrogens (tertiary/aromatic N) is 2. The normalized spacial score (nSPS) is 23.0. The summed E-state index contributed by atoms with van der Waals surface area (Å²) in [5.74, 6) is -12.6. The second-order valence-electron chi connectivity index (χ2n) is 23.2. The maximum Gasteiger partial charge on any atom is 0.326 e. The molecule has 29 heteroatoms. The molecule has 1 unspecified atom stereocenters. The Balaban J connectivity index is 1.09. The standard InChI is InChI=1S/C64H69F2N13O14/c1-33-56(84)73-47(21-37-29-68-45-14-10-39(65)23-43(37)45)57(85)74-48(22-38-30-69-46-15-11-40(66)24-44(38)46)58(86)76-50(27-55(82)83)60(88)75-49(25-41-31-67-32-71-41)59(87)77-51(19-34-8-12-42(93-3)13-9-34)61(89)79-17-5-16-64(79,2)63(92)78-52(62(90)91)26-53(80)70-28-36-7-4-6-35(18-36)20-54(81)72-33/h4,6-15,18,23-24,29-33,47-52,68-69H,5,16-17,19-22,25-28H2,1-3H3,(H,67,71)(H,70,80)(H,72,81)(H,73,84)(H,74,85)(H,75,88)(H,76,86)(H,77,87)(H,78,92)(H,82,83)(H,90,91)/t33-,47+,48+,49+,50+,51+,52?,64+/m1/s1. The van der Waals surface area contributed by atoms with E-state index >= 15 is 4.79 Å². The van der Waals surface area contributed by atoms with Gasteiger partial charge in [0.2, 0.25) is 53.2 Å². The van der Waals surface area contributed by atoms with E-state index < -0.39 is 144 Å². The third-order valence-corrected chi connectivity index (χ3v) is 16.4. The number of aliphatic carboxylic acids is 2. The Kier molecular flexibility index (Phi) is 20.9. The average molecular weight is 1280 g/mol. The summed E-state index contributed by atoms with van der Waals surface area (Å²) < 4.78 is 35.0. The summed E-state index contributed by atoms with van der Waals surface area (Å²) in [6, 6.07) is 8.67. The summed E-state index contributed by atoms with van der Waals surface area (Å²) in [5.41, 5.74) is 1.32. The van der Waals surface area contributed by atoms with Crippen LogP contribution in [0.2, 0.25) is 0 Å². The molecule has 3 aromatic heterocycles. The van der Waals surface area contributed by atoms with Gasteiger partial charge in [0, 0.05) is 84.9 Å². The number of methoxy groups -OCH3 is 1. The van der Waals surface area contributed by atoms with Crippen LogP contribution in [-0.2, 0) is 91.4 Å². The Morgan fingerprint density at radius 1 is 0.645 bits per heavy atom. The van der Waals surface area contributed by atoms with Gasteiger partial charge in [0.05, 0.1) is 32.7 Å². The van der Waals surface area contributed by atoms with E-state index in [1.807, 2.05) is 0 Å². The van der Waals surface area contributed by atoms with Gasteiger partial charge in [-0.15, -0.1) is 0 Å². The van der Waals surface area contributed by atoms with Gasteiger partial charge < -0.3 is 77.3 Å². The molecule has 0 radical (unpaired) electrons. The molecule has 1 saturated heterocycles. The minimum absolute atomic E-state index is 0.0146. The SMILES string of the molecule is COc1ccc(C[C@@H]2NC(=O)[C@H](Cc3cnc[nH]3)NC(=O)[C@H](CC(=O)O)NC(=O)[C@H](Cc3c[nH]c4ccc(F)cc34)NC(=O)[C@H](Cc3c[nH]c4ccc(F)cc34)NC(=O)[C@@H](C)NC(=O)Cc3cccc(c3)CNC(=O)CC(C(=O)O)NC(=O)[C@]3(C)CCCN3C2=O)cc1. The Labute approximate surface area is 529 Å². The lowest BCUT2D eigenvalue weighted by Crippen LogP contribution is -2.63. The zero-order valence-electron chi connectivity index (χ0n) is 50.7. The first-order valence-corrected chi connectivity index (χ1v) is 29.8. The van der Waals surface area contributed by atoms with Crippen LogP contribution in [-0.4, -0.2) is 162 Å². The van der Waals surface area contributed by atoms with Gasteiger partial charge in [-0.05, 0) is 103 Å². The number of amides is 9. The molecule has 488 valence electrons. The molecular weight excluding hydrogens is 1210 g/mol. The van der Waals surface area contributed by atoms with Crippen LogP contribution >= 0.6 is 0 Å². The van der Waals surface area contributed by atoms with Crippen molar-refractivity contribution < 1.29 is 76.5 Å². The summed E-state index contributed by atoms with van der Waals surface area (Å²) >= 11 is 0. The first-order valence-electron chi connectivity index (χ1n) is 29.8. The highest BCUT2D eigenvalue weighted by atomic mass is 19.1. The van der Waals surface area contributed by atoms with Crippen molar-refractivity contribution in [3.63, 3.8) is 0 Å². The lowest BCUT2D eigenvalue weighted by Gasteiger charge is -2.37. The summed E-state index contributed by atoms with van der Waals surface area (Å²) in [5, 5.41) is 41.7. The molecule has 2 bridgehead atoms. The van der Waals surface area contributed by atoms with Gasteiger partial charge in [0.15, 0.2) is 0 Å². The number of H-pyrrole nitrogens is 3. The molecule has 93 heavy (non-hydrogen) atoms. The van der Waals surface area contributed by atoms with E-state index in [1.165, 1.54) is 87.2 Å². The predicted molar refractivity (Wildman–Crippen MR) is 328 cm³/mol. The van der Waals surface area contributed by atoms with Gasteiger partial charge in [-0.1, -0.05) is 36.4 Å². The molecule has 0 aliphatic carbocycles. The molecule has 9 amide bonds. The van der Waals surface area contributed by atoms with Crippen molar-refractivity contribution in [2.24, 2.45) is 0 Å². The first-order chi connectivity index (χ1) is 44.4. The van der Waals surface area contributed by atoms with Crippen molar-refractivity contribution in [3.8, 4) is 5.75 Å². The van der Waals surface area contributed by atoms with E-state index in [0.717, 1.165) is 0 Å². The van der Waals surface area contributed by atoms with Crippen molar-refractivity contribution >= 4 is 86.9 Å². The second kappa shape index (κ2) is 29.3. The zero-order chi connectivity index (χ0) is 66.7. The van der Waals surface area contributed by atoms with Crippen LogP contribution in [0.3, 0.4) is 0 Å². The zero-order valence-corrected chi connectivity index (χ0v) is 50.7. The number of carboxylic acids is 2. The molecule has 27 nitrogen and oxygen atoms in total. The Hall–Kier alpha value is -11.0. The predicted octanol–water partition coefficient (Wildman–Crippen LogP) is 1.55. The molecule has 0 saturated carbocycles. The Morgan fingerprint density at radius 2 is 1.22 bits per heavy atom. The van der Waals surface area contributed by atoms with E-state index in [-0.39, 0.29) is 68.3 Å². The smallest absolute Gasteiger partial charge is 0.326 e. The molecule has 4 aromatic carbocycles. The van der Waals surface area contributed by atoms with E-state index in [9.17, 15) is 66.9 Å². The van der Waals surface area contributed by atoms with Crippen molar-refractivity contribution in [3.05, 3.63) is 155 Å². The van der Waals surface area contributed by atoms with Crippen LogP contribution in [0.25, 0.3) is 21.8 Å². The molecule has 1 fully saturated rings. The number of halogens is 2. The van der Waals surface area contributed by atoms with Gasteiger partial charge in [-0.2, -0.15) is 0 Å². The summed E-state index contributed by atoms with van der Waals surface area (Å²) in [7, 11) is 1.44. The maximum atomic E-state index is 15.1. The largest absolute Gasteiger partial charge is 0.497 e. The van der Waals surface area contributed by atoms with Crippen molar-refractivity contribution in [1.29, 1.82) is 0 Å². The fraction of sp³-hybridized carbons (Fsp3) is 0.344. The first kappa shape index (κ1) is 66.4. The molecule has 5 heterocycles. The number of rotatable bonds is 12. The summed E-state index contributed by atoms with van der Waals surface area (Å²) in [6.07, 6.45) is 2.15. The number of imidazole rings is 1. The lowest BCUT2D eigenvalue weighted by molar-refractivity contribution is -0.149. The third-order valence-electron chi connectivity index (χ3n) is 16.4. The number of carbonyl (C=O) groups is 11. The van der Waals surface area contributed by atoms with Gasteiger partial charge in [-0.3, -0.25) is 47.9 Å². The van der Waals surface area contributed by atoms with E-state index in [2.05, 4.69) is 62.5 Å². The third kappa shape index (κ3) is 16.7. The molecule has 2 aliphatic heterocycles. The van der Waals surface area contributed by atoms with Crippen LogP contribution in [0.1, 0.15) is 73.0 Å². The second-order valence-corrected chi connectivity index (χ2v) is 23.2. The number of hydrogen-bond acceptors (Lipinski definition) is 13. The van der Waals surface area contributed by atoms with Gasteiger partial charge in [-0.25, -0.2) is 18.6 Å². The van der Waals surface area contributed by atoms with E-state index in [4.69, 9.17) is 4.74 Å². The van der Waals surface area contributed by atoms with Gasteiger partial charge >= 0.3 is 11.9 Å². The number of nitrogens with one attached hydrogen (secondary N) is 11. The lowest BCUT2D eigenvalue weighted by atomic mass is 9.95. The number of hydrogen-bond donors (Lipinski definition) is 13. The average Bonchev–Trinajstić information content (AvgIpc) is 1.71. The fourth-order valence-electron chi connectivity index (χ4n) is 11.4. The van der Waals surface area contributed by atoms with Crippen LogP contribution in [0, 0.1) is 11.6 Å². The fourth-order valence-corrected chi connectivity index (χ4v) is 11.4. The highest BCUT2D eigenvalue weighted by molar-refractivity contribution is 6.01. The quantitative estimate of drug-likeness (QED) is 0.0826. The molecule has 2 aliphatic rings. The molecular formula is C64H69F2N13O14. The highest BCUT2D eigenvalue weighted by Crippen LogP contribution is 2.31. The number of aromatic amines is 3. The van der Waals surface area contributed by atoms with E-state index in [0.29, 0.717) is 44.4 Å². The van der Waals surface area contributed by atoms with Gasteiger partial charge in [0.25, 0.3) is 0 Å². The van der Waals surface area contributed by atoms with Crippen LogP contribution in [0.5, 0.6) is 5.75 Å². The molecule has 8 atom stereocenters. The van der Waals surface area contributed by atoms with E-state index in [1.54, 1.807) is 48.5 Å². The van der Waals surface area contributed by atoms with Crippen LogP contribution < -0.4 is 47.3 Å². The number of aromatic nitrogens is 4. The minimum Gasteiger partial charge on any atom is -0.497 e. The number of benzene rings is 4. The van der Waals surface area contributed by atoms with Crippen molar-refractivity contribution in [1.82, 2.24) is 67.4 Å². The van der Waals surface area contributed by atoms with Crippen LogP contribution in [0.15, 0.2) is 110 Å². The van der Waals surface area contributed by atoms with Crippen LogP contribution in [0.4, 0.5) is 8.78 Å². The van der Waals surface area contributed by atoms with Gasteiger partial charge in [0.1, 0.15) is 65.2 Å². The Bertz CT molecular complexity index is 3990. The highest BCUT2D eigenvalue weighted by Gasteiger charge is 2.49. The number of carbonyl (C=O) groups excluding carboxylic acids is 9. The summed E-state index contributed by atoms with van der Waals surface area (Å²) in [6.45, 7) is 2.54. The number of fused-ring (bicyclic) bond motifs is 5. The monoisotopic (exact) mass is 1280 g/mol. The molecule has 13 N–H and O–H groups in total. The topological polar surface area (TPSA) is 397 Å². The Morgan fingerprint density at radius 3 is 1.80 bits per heavy atom. The number of carboxylic acid groups (broad SMARTS) is 2. The summed E-state index contributed by atoms with van der Waals surface area (Å²) in [4.78, 5) is 170.